The van der Waals surface area contributed by atoms with Crippen LogP contribution in [0.5, 0.6) is 0 Å². The van der Waals surface area contributed by atoms with Crippen LogP contribution in [0.1, 0.15) is 26.2 Å². The van der Waals surface area contributed by atoms with E-state index in [0.717, 1.165) is 5.92 Å². The monoisotopic (exact) mass is 241 g/mol. The van der Waals surface area contributed by atoms with Crippen LogP contribution in [0, 0.1) is 16.7 Å². The molecule has 0 radical (unpaired) electrons. The highest BCUT2D eigenvalue weighted by Gasteiger charge is 2.75. The van der Waals surface area contributed by atoms with Crippen LogP contribution >= 0.6 is 0 Å². The number of hydrogen-bond donors (Lipinski definition) is 1. The summed E-state index contributed by atoms with van der Waals surface area (Å²) in [4.78, 5) is 0. The third-order valence-electron chi connectivity index (χ3n) is 5.82. The standard InChI is InChI=1S/C17H23N/c1-5-7-8-13-14(6-2)17(11-15(13)18-4)10-12-9-16(12,17)3/h5-8,12,15,18H,1-2,9-11H2,3-4H3/b8-7-. The van der Waals surface area contributed by atoms with E-state index < -0.39 is 0 Å². The molecule has 0 bridgehead atoms. The Balaban J connectivity index is 2.04. The molecule has 2 fully saturated rings. The van der Waals surface area contributed by atoms with Crippen molar-refractivity contribution in [3.8, 4) is 0 Å². The van der Waals surface area contributed by atoms with Crippen molar-refractivity contribution in [1.29, 1.82) is 0 Å². The summed E-state index contributed by atoms with van der Waals surface area (Å²) >= 11 is 0. The summed E-state index contributed by atoms with van der Waals surface area (Å²) in [6.07, 6.45) is 12.3. The molecular formula is C17H23N. The van der Waals surface area contributed by atoms with Crippen LogP contribution in [0.4, 0.5) is 0 Å². The summed E-state index contributed by atoms with van der Waals surface area (Å²) in [5.74, 6) is 0.979. The molecule has 0 aromatic rings. The van der Waals surface area contributed by atoms with Crippen LogP contribution < -0.4 is 5.32 Å². The fraction of sp³-hybridized carbons (Fsp3) is 0.529. The van der Waals surface area contributed by atoms with E-state index in [9.17, 15) is 0 Å². The summed E-state index contributed by atoms with van der Waals surface area (Å²) in [5.41, 5.74) is 3.90. The predicted molar refractivity (Wildman–Crippen MR) is 77.3 cm³/mol. The van der Waals surface area contributed by atoms with Gasteiger partial charge in [-0.1, -0.05) is 44.4 Å². The van der Waals surface area contributed by atoms with E-state index in [1.54, 1.807) is 0 Å². The lowest BCUT2D eigenvalue weighted by Gasteiger charge is -2.47. The van der Waals surface area contributed by atoms with Crippen LogP contribution in [-0.2, 0) is 0 Å². The van der Waals surface area contributed by atoms with Crippen LogP contribution in [0.15, 0.2) is 48.6 Å². The van der Waals surface area contributed by atoms with Crippen LogP contribution in [0.2, 0.25) is 0 Å². The number of fused-ring (bicyclic) bond motifs is 2. The summed E-state index contributed by atoms with van der Waals surface area (Å²) in [7, 11) is 2.07. The van der Waals surface area contributed by atoms with Gasteiger partial charge < -0.3 is 5.32 Å². The highest BCUT2D eigenvalue weighted by molar-refractivity contribution is 5.52. The number of likely N-dealkylation sites (N-methyl/N-ethyl adjacent to an activating group) is 1. The maximum atomic E-state index is 4.09. The normalized spacial score (nSPS) is 45.2. The lowest BCUT2D eigenvalue weighted by molar-refractivity contribution is 0.0696. The topological polar surface area (TPSA) is 12.0 Å². The minimum Gasteiger partial charge on any atom is -0.313 e. The number of rotatable bonds is 4. The molecule has 2 saturated carbocycles. The third kappa shape index (κ3) is 1.21. The molecule has 4 atom stereocenters. The van der Waals surface area contributed by atoms with Gasteiger partial charge in [-0.15, -0.1) is 0 Å². The molecular weight excluding hydrogens is 218 g/mol. The molecule has 1 N–H and O–H groups in total. The van der Waals surface area contributed by atoms with Crippen molar-refractivity contribution >= 4 is 0 Å². The van der Waals surface area contributed by atoms with Gasteiger partial charge in [0.25, 0.3) is 0 Å². The molecule has 18 heavy (non-hydrogen) atoms. The molecule has 3 aliphatic carbocycles. The zero-order valence-corrected chi connectivity index (χ0v) is 11.5. The van der Waals surface area contributed by atoms with E-state index in [4.69, 9.17) is 0 Å². The second kappa shape index (κ2) is 3.71. The van der Waals surface area contributed by atoms with E-state index in [-0.39, 0.29) is 0 Å². The molecule has 1 heteroatoms. The van der Waals surface area contributed by atoms with Crippen molar-refractivity contribution in [2.24, 2.45) is 16.7 Å². The van der Waals surface area contributed by atoms with Crippen molar-refractivity contribution in [3.63, 3.8) is 0 Å². The molecule has 4 unspecified atom stereocenters. The van der Waals surface area contributed by atoms with Gasteiger partial charge >= 0.3 is 0 Å². The van der Waals surface area contributed by atoms with Crippen molar-refractivity contribution in [2.45, 2.75) is 32.2 Å². The summed E-state index contributed by atoms with van der Waals surface area (Å²) in [6.45, 7) is 10.3. The SMILES string of the molecule is C=C/C=C\C1=C(C=C)C2(CC1NC)CC1CC12C. The van der Waals surface area contributed by atoms with Gasteiger partial charge in [-0.3, -0.25) is 0 Å². The van der Waals surface area contributed by atoms with E-state index >= 15 is 0 Å². The maximum absolute atomic E-state index is 4.09. The Morgan fingerprint density at radius 2 is 2.06 bits per heavy atom. The van der Waals surface area contributed by atoms with Crippen LogP contribution in [0.3, 0.4) is 0 Å². The smallest absolute Gasteiger partial charge is 0.0329 e. The van der Waals surface area contributed by atoms with Crippen molar-refractivity contribution in [3.05, 3.63) is 48.6 Å². The quantitative estimate of drug-likeness (QED) is 0.741. The average Bonchev–Trinajstić information content (AvgIpc) is 2.81. The third-order valence-corrected chi connectivity index (χ3v) is 5.82. The number of allylic oxidation sites excluding steroid dienone is 4. The van der Waals surface area contributed by atoms with Gasteiger partial charge in [-0.2, -0.15) is 0 Å². The fourth-order valence-electron chi connectivity index (χ4n) is 4.57. The molecule has 96 valence electrons. The predicted octanol–water partition coefficient (Wildman–Crippen LogP) is 3.62. The van der Waals surface area contributed by atoms with E-state index in [1.807, 2.05) is 12.2 Å². The van der Waals surface area contributed by atoms with Gasteiger partial charge in [-0.05, 0) is 48.8 Å². The first-order chi connectivity index (χ1) is 8.63. The Labute approximate surface area is 110 Å². The Morgan fingerprint density at radius 3 is 2.50 bits per heavy atom. The molecule has 1 nitrogen and oxygen atoms in total. The zero-order valence-electron chi connectivity index (χ0n) is 11.5. The summed E-state index contributed by atoms with van der Waals surface area (Å²) in [5, 5.41) is 3.48. The zero-order chi connectivity index (χ0) is 13.0. The minimum absolute atomic E-state index is 0.411. The summed E-state index contributed by atoms with van der Waals surface area (Å²) < 4.78 is 0. The molecule has 0 amide bonds. The molecule has 3 aliphatic rings. The first-order valence-electron chi connectivity index (χ1n) is 6.96. The molecule has 0 aromatic carbocycles. The van der Waals surface area contributed by atoms with E-state index in [2.05, 4.69) is 44.6 Å². The van der Waals surface area contributed by atoms with Crippen molar-refractivity contribution in [2.75, 3.05) is 7.05 Å². The lowest BCUT2D eigenvalue weighted by Crippen LogP contribution is -2.42. The molecule has 0 heterocycles. The van der Waals surface area contributed by atoms with Crippen molar-refractivity contribution < 1.29 is 0 Å². The molecule has 0 saturated heterocycles. The fourth-order valence-corrected chi connectivity index (χ4v) is 4.57. The number of hydrogen-bond acceptors (Lipinski definition) is 1. The number of nitrogens with one attached hydrogen (secondary N) is 1. The first-order valence-corrected chi connectivity index (χ1v) is 6.96. The Morgan fingerprint density at radius 1 is 1.28 bits per heavy atom. The second-order valence-electron chi connectivity index (χ2n) is 6.32. The highest BCUT2D eigenvalue weighted by atomic mass is 14.9. The lowest BCUT2D eigenvalue weighted by atomic mass is 9.56. The van der Waals surface area contributed by atoms with E-state index in [0.29, 0.717) is 16.9 Å². The molecule has 0 aliphatic heterocycles. The molecule has 3 rings (SSSR count). The van der Waals surface area contributed by atoms with Crippen molar-refractivity contribution in [1.82, 2.24) is 5.32 Å². The van der Waals surface area contributed by atoms with Gasteiger partial charge in [0.05, 0.1) is 0 Å². The van der Waals surface area contributed by atoms with Crippen LogP contribution in [0.25, 0.3) is 0 Å². The maximum Gasteiger partial charge on any atom is 0.0329 e. The van der Waals surface area contributed by atoms with Gasteiger partial charge in [-0.25, -0.2) is 0 Å². The Bertz CT molecular complexity index is 470. The van der Waals surface area contributed by atoms with Gasteiger partial charge in [0, 0.05) is 11.5 Å². The first kappa shape index (κ1) is 12.0. The Kier molecular flexibility index (Phi) is 2.47. The van der Waals surface area contributed by atoms with Gasteiger partial charge in [0.15, 0.2) is 0 Å². The van der Waals surface area contributed by atoms with Gasteiger partial charge in [0.2, 0.25) is 0 Å². The van der Waals surface area contributed by atoms with Crippen LogP contribution in [-0.4, -0.2) is 13.1 Å². The summed E-state index contributed by atoms with van der Waals surface area (Å²) in [6, 6.07) is 0.479. The Hall–Kier alpha value is -1.08. The largest absolute Gasteiger partial charge is 0.313 e. The highest BCUT2D eigenvalue weighted by Crippen LogP contribution is 2.82. The minimum atomic E-state index is 0.411. The average molecular weight is 241 g/mol. The molecule has 1 spiro atoms. The van der Waals surface area contributed by atoms with Gasteiger partial charge in [0.1, 0.15) is 0 Å². The van der Waals surface area contributed by atoms with E-state index in [1.165, 1.54) is 30.4 Å². The molecule has 0 aromatic heterocycles. The second-order valence-corrected chi connectivity index (χ2v) is 6.32.